The van der Waals surface area contributed by atoms with Crippen molar-refractivity contribution >= 4 is 22.6 Å². The van der Waals surface area contributed by atoms with Crippen molar-refractivity contribution in [3.05, 3.63) is 87.8 Å². The summed E-state index contributed by atoms with van der Waals surface area (Å²) in [6, 6.07) is 16.3. The van der Waals surface area contributed by atoms with E-state index in [1.54, 1.807) is 22.9 Å². The van der Waals surface area contributed by atoms with Crippen LogP contribution in [0.15, 0.2) is 65.6 Å². The van der Waals surface area contributed by atoms with Crippen LogP contribution in [-0.2, 0) is 11.3 Å². The number of hydrogen-bond acceptors (Lipinski definition) is 6. The highest BCUT2D eigenvalue weighted by Gasteiger charge is 2.19. The maximum Gasteiger partial charge on any atom is 0.267 e. The van der Waals surface area contributed by atoms with E-state index in [0.717, 1.165) is 44.8 Å². The van der Waals surface area contributed by atoms with Crippen LogP contribution in [0.4, 0.5) is 0 Å². The summed E-state index contributed by atoms with van der Waals surface area (Å²) in [5.74, 6) is -0.391. The standard InChI is InChI=1S/C27H30N6O3/c1-19(20-8-3-2-4-9-20)29-26(34)21-18-22-25(30-23-10-5-6-12-32(23)27(22)35)33(24(21)28)13-7-11-31-14-16-36-17-15-31/h2-6,8-10,12,18-19,28H,7,11,13-17H2,1H3,(H,29,34). The molecule has 0 saturated carbocycles. The van der Waals surface area contributed by atoms with E-state index in [9.17, 15) is 9.59 Å². The van der Waals surface area contributed by atoms with Crippen molar-refractivity contribution in [1.29, 1.82) is 5.41 Å². The average molecular weight is 487 g/mol. The zero-order valence-corrected chi connectivity index (χ0v) is 20.3. The number of nitrogens with one attached hydrogen (secondary N) is 2. The molecule has 186 valence electrons. The lowest BCUT2D eigenvalue weighted by molar-refractivity contribution is 0.0369. The first-order chi connectivity index (χ1) is 17.5. The van der Waals surface area contributed by atoms with Crippen LogP contribution >= 0.6 is 0 Å². The molecule has 9 heteroatoms. The number of aromatic nitrogens is 3. The van der Waals surface area contributed by atoms with Crippen molar-refractivity contribution in [3.63, 3.8) is 0 Å². The molecular weight excluding hydrogens is 456 g/mol. The number of carbonyl (C=O) groups is 1. The van der Waals surface area contributed by atoms with Gasteiger partial charge in [0.2, 0.25) is 0 Å². The Morgan fingerprint density at radius 2 is 1.86 bits per heavy atom. The number of carbonyl (C=O) groups excluding carboxylic acids is 1. The lowest BCUT2D eigenvalue weighted by atomic mass is 10.1. The molecule has 0 bridgehead atoms. The molecule has 4 heterocycles. The summed E-state index contributed by atoms with van der Waals surface area (Å²) in [7, 11) is 0. The molecule has 4 aromatic rings. The van der Waals surface area contributed by atoms with Crippen molar-refractivity contribution in [1.82, 2.24) is 24.2 Å². The zero-order chi connectivity index (χ0) is 25.1. The first kappa shape index (κ1) is 23.9. The molecular formula is C27H30N6O3. The molecule has 5 rings (SSSR count). The molecule has 0 aliphatic carbocycles. The van der Waals surface area contributed by atoms with Crippen molar-refractivity contribution in [2.24, 2.45) is 0 Å². The number of benzene rings is 1. The van der Waals surface area contributed by atoms with E-state index >= 15 is 0 Å². The SMILES string of the molecule is CC(NC(=O)c1cc2c(=O)n3ccccc3nc2n(CCCN2CCOCC2)c1=N)c1ccccc1. The molecule has 3 aromatic heterocycles. The van der Waals surface area contributed by atoms with Crippen LogP contribution in [-0.4, -0.2) is 57.6 Å². The third kappa shape index (κ3) is 4.80. The predicted octanol–water partition coefficient (Wildman–Crippen LogP) is 2.34. The fourth-order valence-electron chi connectivity index (χ4n) is 4.65. The molecule has 1 aromatic carbocycles. The average Bonchev–Trinajstić information content (AvgIpc) is 2.91. The van der Waals surface area contributed by atoms with Crippen LogP contribution in [0.1, 0.15) is 35.3 Å². The van der Waals surface area contributed by atoms with Gasteiger partial charge in [0.25, 0.3) is 11.5 Å². The van der Waals surface area contributed by atoms with Gasteiger partial charge in [0.05, 0.1) is 30.2 Å². The second-order valence-corrected chi connectivity index (χ2v) is 9.05. The van der Waals surface area contributed by atoms with Gasteiger partial charge in [0.15, 0.2) is 0 Å². The number of fused-ring (bicyclic) bond motifs is 2. The van der Waals surface area contributed by atoms with Crippen molar-refractivity contribution in [2.75, 3.05) is 32.8 Å². The Morgan fingerprint density at radius 1 is 1.11 bits per heavy atom. The molecule has 36 heavy (non-hydrogen) atoms. The van der Waals surface area contributed by atoms with Crippen LogP contribution in [0.5, 0.6) is 0 Å². The monoisotopic (exact) mass is 486 g/mol. The maximum absolute atomic E-state index is 13.4. The van der Waals surface area contributed by atoms with Gasteiger partial charge < -0.3 is 14.6 Å². The number of ether oxygens (including phenoxy) is 1. The topological polar surface area (TPSA) is 105 Å². The Morgan fingerprint density at radius 3 is 2.64 bits per heavy atom. The first-order valence-electron chi connectivity index (χ1n) is 12.3. The summed E-state index contributed by atoms with van der Waals surface area (Å²) in [6.07, 6.45) is 2.42. The van der Waals surface area contributed by atoms with Crippen molar-refractivity contribution < 1.29 is 9.53 Å². The summed E-state index contributed by atoms with van der Waals surface area (Å²) in [4.78, 5) is 33.8. The van der Waals surface area contributed by atoms with Gasteiger partial charge in [-0.2, -0.15) is 0 Å². The number of hydrogen-bond donors (Lipinski definition) is 2. The lowest BCUT2D eigenvalue weighted by Crippen LogP contribution is -2.38. The highest BCUT2D eigenvalue weighted by atomic mass is 16.5. The van der Waals surface area contributed by atoms with Crippen molar-refractivity contribution in [2.45, 2.75) is 25.9 Å². The fourth-order valence-corrected chi connectivity index (χ4v) is 4.65. The van der Waals surface area contributed by atoms with Crippen LogP contribution < -0.4 is 16.4 Å². The lowest BCUT2D eigenvalue weighted by Gasteiger charge is -2.26. The van der Waals surface area contributed by atoms with Gasteiger partial charge in [-0.15, -0.1) is 0 Å². The van der Waals surface area contributed by atoms with Crippen LogP contribution in [0.25, 0.3) is 16.7 Å². The van der Waals surface area contributed by atoms with Gasteiger partial charge in [-0.05, 0) is 37.1 Å². The molecule has 1 saturated heterocycles. The number of nitrogens with zero attached hydrogens (tertiary/aromatic N) is 4. The Kier molecular flexibility index (Phi) is 6.92. The molecule has 1 unspecified atom stereocenters. The predicted molar refractivity (Wildman–Crippen MR) is 137 cm³/mol. The largest absolute Gasteiger partial charge is 0.379 e. The second kappa shape index (κ2) is 10.4. The van der Waals surface area contributed by atoms with Gasteiger partial charge in [0, 0.05) is 32.4 Å². The second-order valence-electron chi connectivity index (χ2n) is 9.05. The number of rotatable bonds is 7. The molecule has 9 nitrogen and oxygen atoms in total. The van der Waals surface area contributed by atoms with E-state index in [4.69, 9.17) is 15.1 Å². The number of amides is 1. The number of morpholine rings is 1. The summed E-state index contributed by atoms with van der Waals surface area (Å²) >= 11 is 0. The molecule has 1 atom stereocenters. The highest BCUT2D eigenvalue weighted by molar-refractivity contribution is 5.97. The summed E-state index contributed by atoms with van der Waals surface area (Å²) in [5.41, 5.74) is 1.84. The Hall–Kier alpha value is -3.82. The molecule has 1 amide bonds. The minimum atomic E-state index is -0.391. The van der Waals surface area contributed by atoms with Gasteiger partial charge >= 0.3 is 0 Å². The highest BCUT2D eigenvalue weighted by Crippen LogP contribution is 2.14. The van der Waals surface area contributed by atoms with Crippen molar-refractivity contribution in [3.8, 4) is 0 Å². The van der Waals surface area contributed by atoms with E-state index < -0.39 is 5.91 Å². The third-order valence-electron chi connectivity index (χ3n) is 6.67. The van der Waals surface area contributed by atoms with Crippen LogP contribution in [0.3, 0.4) is 0 Å². The Labute approximate surface area is 208 Å². The molecule has 1 aliphatic rings. The zero-order valence-electron chi connectivity index (χ0n) is 20.3. The quantitative estimate of drug-likeness (QED) is 0.390. The molecule has 0 spiro atoms. The number of aryl methyl sites for hydroxylation is 1. The minimum absolute atomic E-state index is 0.0504. The van der Waals surface area contributed by atoms with Crippen LogP contribution in [0.2, 0.25) is 0 Å². The third-order valence-corrected chi connectivity index (χ3v) is 6.67. The molecule has 2 N–H and O–H groups in total. The maximum atomic E-state index is 13.4. The fraction of sp³-hybridized carbons (Fsp3) is 0.333. The minimum Gasteiger partial charge on any atom is -0.379 e. The van der Waals surface area contributed by atoms with E-state index in [2.05, 4.69) is 10.2 Å². The van der Waals surface area contributed by atoms with Crippen LogP contribution in [0, 0.1) is 5.41 Å². The van der Waals surface area contributed by atoms with Gasteiger partial charge in [-0.1, -0.05) is 36.4 Å². The van der Waals surface area contributed by atoms with E-state index in [0.29, 0.717) is 23.2 Å². The normalized spacial score (nSPS) is 15.2. The summed E-state index contributed by atoms with van der Waals surface area (Å²) in [5, 5.41) is 12.2. The molecule has 1 aliphatic heterocycles. The summed E-state index contributed by atoms with van der Waals surface area (Å²) in [6.45, 7) is 6.41. The van der Waals surface area contributed by atoms with Gasteiger partial charge in [-0.3, -0.25) is 24.3 Å². The van der Waals surface area contributed by atoms with Gasteiger partial charge in [0.1, 0.15) is 16.8 Å². The van der Waals surface area contributed by atoms with E-state index in [-0.39, 0.29) is 22.7 Å². The molecule has 1 fully saturated rings. The van der Waals surface area contributed by atoms with E-state index in [1.165, 1.54) is 10.5 Å². The smallest absolute Gasteiger partial charge is 0.267 e. The first-order valence-corrected chi connectivity index (χ1v) is 12.3. The Bertz CT molecular complexity index is 1510. The Balaban J connectivity index is 1.54. The number of pyridine rings is 2. The molecule has 0 radical (unpaired) electrons. The summed E-state index contributed by atoms with van der Waals surface area (Å²) < 4.78 is 8.60. The van der Waals surface area contributed by atoms with Gasteiger partial charge in [-0.25, -0.2) is 4.98 Å². The van der Waals surface area contributed by atoms with E-state index in [1.807, 2.05) is 43.3 Å².